The summed E-state index contributed by atoms with van der Waals surface area (Å²) >= 11 is 12.7. The molecule has 4 rings (SSSR count). The van der Waals surface area contributed by atoms with Crippen LogP contribution in [-0.2, 0) is 11.4 Å². The van der Waals surface area contributed by atoms with Gasteiger partial charge in [0, 0.05) is 16.8 Å². The highest BCUT2D eigenvalue weighted by Crippen LogP contribution is 2.37. The lowest BCUT2D eigenvalue weighted by Gasteiger charge is -2.11. The van der Waals surface area contributed by atoms with Crippen molar-refractivity contribution in [3.63, 3.8) is 0 Å². The smallest absolute Gasteiger partial charge is 0.256 e. The number of anilines is 1. The van der Waals surface area contributed by atoms with E-state index < -0.39 is 0 Å². The van der Waals surface area contributed by atoms with Crippen molar-refractivity contribution in [2.75, 3.05) is 5.32 Å². The van der Waals surface area contributed by atoms with Crippen LogP contribution < -0.4 is 10.1 Å². The van der Waals surface area contributed by atoms with Crippen LogP contribution in [0.3, 0.4) is 0 Å². The van der Waals surface area contributed by atoms with Crippen LogP contribution in [0, 0.1) is 5.82 Å². The van der Waals surface area contributed by atoms with E-state index in [1.807, 2.05) is 24.3 Å². The summed E-state index contributed by atoms with van der Waals surface area (Å²) in [6.45, 7) is 0.132. The highest BCUT2D eigenvalue weighted by molar-refractivity contribution is 6.38. The first kappa shape index (κ1) is 18.5. The van der Waals surface area contributed by atoms with Gasteiger partial charge >= 0.3 is 0 Å². The number of halogens is 3. The molecule has 1 amide bonds. The molecule has 3 aromatic carbocycles. The van der Waals surface area contributed by atoms with Gasteiger partial charge in [-0.1, -0.05) is 53.5 Å². The van der Waals surface area contributed by atoms with Gasteiger partial charge in [-0.05, 0) is 47.5 Å². The van der Waals surface area contributed by atoms with Gasteiger partial charge in [0.15, 0.2) is 5.75 Å². The van der Waals surface area contributed by atoms with Crippen LogP contribution in [0.15, 0.2) is 60.7 Å². The number of carbonyl (C=O) groups excluding carboxylic acids is 1. The van der Waals surface area contributed by atoms with Crippen LogP contribution in [0.25, 0.3) is 11.6 Å². The second-order valence-electron chi connectivity index (χ2n) is 6.29. The van der Waals surface area contributed by atoms with Crippen molar-refractivity contribution >= 4 is 46.4 Å². The molecule has 0 unspecified atom stereocenters. The van der Waals surface area contributed by atoms with Crippen LogP contribution in [-0.4, -0.2) is 5.91 Å². The summed E-state index contributed by atoms with van der Waals surface area (Å²) in [5, 5.41) is 3.44. The van der Waals surface area contributed by atoms with Crippen molar-refractivity contribution < 1.29 is 13.9 Å². The minimum atomic E-state index is -0.338. The topological polar surface area (TPSA) is 38.3 Å². The fraction of sp³-hybridized carbons (Fsp3) is 0.0455. The quantitative estimate of drug-likeness (QED) is 0.516. The lowest BCUT2D eigenvalue weighted by molar-refractivity contribution is -0.110. The maximum Gasteiger partial charge on any atom is 0.256 e. The van der Waals surface area contributed by atoms with E-state index >= 15 is 0 Å². The Morgan fingerprint density at radius 3 is 2.50 bits per heavy atom. The highest BCUT2D eigenvalue weighted by atomic mass is 35.5. The molecule has 0 saturated carbocycles. The van der Waals surface area contributed by atoms with Crippen molar-refractivity contribution in [1.82, 2.24) is 0 Å². The van der Waals surface area contributed by atoms with Crippen molar-refractivity contribution in [2.24, 2.45) is 0 Å². The third-order valence-corrected chi connectivity index (χ3v) is 4.88. The third-order valence-electron chi connectivity index (χ3n) is 4.31. The number of ether oxygens (including phenoxy) is 1. The minimum absolute atomic E-state index is 0.132. The zero-order valence-corrected chi connectivity index (χ0v) is 16.0. The van der Waals surface area contributed by atoms with Gasteiger partial charge in [-0.15, -0.1) is 0 Å². The summed E-state index contributed by atoms with van der Waals surface area (Å²) in [6, 6.07) is 16.9. The zero-order chi connectivity index (χ0) is 19.7. The normalized spacial score (nSPS) is 14.1. The summed E-state index contributed by atoms with van der Waals surface area (Å²) in [5.41, 5.74) is 3.47. The molecular formula is C22H14Cl2FNO2. The summed E-state index contributed by atoms with van der Waals surface area (Å²) in [7, 11) is 0. The number of rotatable bonds is 4. The van der Waals surface area contributed by atoms with E-state index in [0.29, 0.717) is 32.5 Å². The number of nitrogens with one attached hydrogen (secondary N) is 1. The van der Waals surface area contributed by atoms with Gasteiger partial charge in [-0.25, -0.2) is 4.39 Å². The molecule has 28 heavy (non-hydrogen) atoms. The predicted octanol–water partition coefficient (Wildman–Crippen LogP) is 6.20. The first-order valence-corrected chi connectivity index (χ1v) is 9.25. The molecule has 0 bridgehead atoms. The van der Waals surface area contributed by atoms with E-state index in [1.54, 1.807) is 30.3 Å². The Bertz CT molecular complexity index is 1090. The number of carbonyl (C=O) groups is 1. The molecule has 0 atom stereocenters. The third kappa shape index (κ3) is 3.75. The second-order valence-corrected chi connectivity index (χ2v) is 7.10. The molecular weight excluding hydrogens is 400 g/mol. The Hall–Kier alpha value is -2.82. The van der Waals surface area contributed by atoms with Crippen molar-refractivity contribution in [2.45, 2.75) is 6.61 Å². The van der Waals surface area contributed by atoms with Crippen molar-refractivity contribution in [1.29, 1.82) is 0 Å². The first-order valence-electron chi connectivity index (χ1n) is 8.50. The van der Waals surface area contributed by atoms with Crippen LogP contribution in [0.2, 0.25) is 10.0 Å². The molecule has 140 valence electrons. The molecule has 0 fully saturated rings. The summed E-state index contributed by atoms with van der Waals surface area (Å²) < 4.78 is 19.0. The Balaban J connectivity index is 1.60. The molecule has 3 nitrogen and oxygen atoms in total. The molecule has 1 aliphatic heterocycles. The van der Waals surface area contributed by atoms with E-state index in [-0.39, 0.29) is 18.3 Å². The fourth-order valence-electron chi connectivity index (χ4n) is 3.03. The van der Waals surface area contributed by atoms with E-state index in [9.17, 15) is 9.18 Å². The Labute approximate surface area is 171 Å². The molecule has 0 aromatic heterocycles. The lowest BCUT2D eigenvalue weighted by atomic mass is 10.0. The fourth-order valence-corrected chi connectivity index (χ4v) is 3.64. The predicted molar refractivity (Wildman–Crippen MR) is 110 cm³/mol. The van der Waals surface area contributed by atoms with Crippen LogP contribution in [0.5, 0.6) is 5.75 Å². The number of hydrogen-bond donors (Lipinski definition) is 1. The van der Waals surface area contributed by atoms with E-state index in [0.717, 1.165) is 11.3 Å². The maximum absolute atomic E-state index is 13.3. The average Bonchev–Trinajstić information content (AvgIpc) is 2.97. The lowest BCUT2D eigenvalue weighted by Crippen LogP contribution is -2.03. The molecule has 1 N–H and O–H groups in total. The minimum Gasteiger partial charge on any atom is -0.486 e. The Kier molecular flexibility index (Phi) is 5.07. The SMILES string of the molecule is O=C1Nc2ccccc2/C1=C/c1cc(Cl)c(OCc2cccc(F)c2)c(Cl)c1. The van der Waals surface area contributed by atoms with Crippen LogP contribution >= 0.6 is 23.2 Å². The first-order chi connectivity index (χ1) is 13.5. The zero-order valence-electron chi connectivity index (χ0n) is 14.5. The number of amides is 1. The van der Waals surface area contributed by atoms with Gasteiger partial charge < -0.3 is 10.1 Å². The van der Waals surface area contributed by atoms with E-state index in [1.165, 1.54) is 12.1 Å². The van der Waals surface area contributed by atoms with Gasteiger partial charge in [0.05, 0.1) is 10.0 Å². The molecule has 3 aromatic rings. The van der Waals surface area contributed by atoms with Gasteiger partial charge in [-0.3, -0.25) is 4.79 Å². The molecule has 0 aliphatic carbocycles. The number of benzene rings is 3. The highest BCUT2D eigenvalue weighted by Gasteiger charge is 2.23. The van der Waals surface area contributed by atoms with Gasteiger partial charge in [0.1, 0.15) is 12.4 Å². The van der Waals surface area contributed by atoms with E-state index in [2.05, 4.69) is 5.32 Å². The van der Waals surface area contributed by atoms with Crippen LogP contribution in [0.4, 0.5) is 10.1 Å². The summed E-state index contributed by atoms with van der Waals surface area (Å²) in [5.74, 6) is -0.207. The number of fused-ring (bicyclic) bond motifs is 1. The molecule has 0 spiro atoms. The Morgan fingerprint density at radius 2 is 1.75 bits per heavy atom. The summed E-state index contributed by atoms with van der Waals surface area (Å²) in [6.07, 6.45) is 1.73. The molecule has 1 aliphatic rings. The number of hydrogen-bond acceptors (Lipinski definition) is 2. The van der Waals surface area contributed by atoms with Gasteiger partial charge in [0.2, 0.25) is 0 Å². The molecule has 1 heterocycles. The van der Waals surface area contributed by atoms with Crippen molar-refractivity contribution in [3.8, 4) is 5.75 Å². The van der Waals surface area contributed by atoms with Gasteiger partial charge in [-0.2, -0.15) is 0 Å². The molecule has 0 saturated heterocycles. The van der Waals surface area contributed by atoms with Crippen molar-refractivity contribution in [3.05, 3.63) is 93.2 Å². The van der Waals surface area contributed by atoms with E-state index in [4.69, 9.17) is 27.9 Å². The monoisotopic (exact) mass is 413 g/mol. The average molecular weight is 414 g/mol. The standard InChI is InChI=1S/C22H14Cl2FNO2/c23-18-10-14(9-17-16-6-1-2-7-20(16)26-22(17)27)11-19(24)21(18)28-12-13-4-3-5-15(25)8-13/h1-11H,12H2,(H,26,27)/b17-9-. The van der Waals surface area contributed by atoms with Crippen LogP contribution in [0.1, 0.15) is 16.7 Å². The Morgan fingerprint density at radius 1 is 1.00 bits per heavy atom. The van der Waals surface area contributed by atoms with Gasteiger partial charge in [0.25, 0.3) is 5.91 Å². The largest absolute Gasteiger partial charge is 0.486 e. The maximum atomic E-state index is 13.3. The summed E-state index contributed by atoms with van der Waals surface area (Å²) in [4.78, 5) is 12.3. The molecule has 0 radical (unpaired) electrons. The second kappa shape index (κ2) is 7.66. The molecule has 6 heteroatoms. The number of para-hydroxylation sites is 1.